The van der Waals surface area contributed by atoms with Gasteiger partial charge in [-0.3, -0.25) is 9.59 Å². The quantitative estimate of drug-likeness (QED) is 0.357. The summed E-state index contributed by atoms with van der Waals surface area (Å²) >= 11 is 6.06. The third-order valence-electron chi connectivity index (χ3n) is 7.55. The average molecular weight is 535 g/mol. The van der Waals surface area contributed by atoms with Crippen LogP contribution >= 0.6 is 11.6 Å². The van der Waals surface area contributed by atoms with E-state index in [1.165, 1.54) is 12.1 Å². The third kappa shape index (κ3) is 5.70. The smallest absolute Gasteiger partial charge is 0.265 e. The van der Waals surface area contributed by atoms with Crippen LogP contribution in [0, 0.1) is 11.7 Å². The second kappa shape index (κ2) is 11.6. The molecule has 0 radical (unpaired) electrons. The number of benzene rings is 3. The van der Waals surface area contributed by atoms with Crippen LogP contribution in [-0.2, 0) is 16.0 Å². The van der Waals surface area contributed by atoms with Gasteiger partial charge in [0.1, 0.15) is 11.6 Å². The highest BCUT2D eigenvalue weighted by Crippen LogP contribution is 2.40. The van der Waals surface area contributed by atoms with Crippen molar-refractivity contribution in [3.8, 4) is 5.75 Å². The van der Waals surface area contributed by atoms with Gasteiger partial charge in [0.15, 0.2) is 6.10 Å². The minimum Gasteiger partial charge on any atom is -0.481 e. The molecule has 2 aliphatic rings. The molecule has 1 fully saturated rings. The Kier molecular flexibility index (Phi) is 7.98. The van der Waals surface area contributed by atoms with Crippen LogP contribution in [0.5, 0.6) is 5.75 Å². The molecular formula is C31H32ClFN2O3. The molecular weight excluding hydrogens is 503 g/mol. The number of nitrogens with one attached hydrogen (secondary N) is 1. The summed E-state index contributed by atoms with van der Waals surface area (Å²) in [7, 11) is 0. The van der Waals surface area contributed by atoms with Crippen molar-refractivity contribution in [3.05, 3.63) is 94.3 Å². The lowest BCUT2D eigenvalue weighted by molar-refractivity contribution is -0.137. The van der Waals surface area contributed by atoms with E-state index >= 15 is 0 Å². The molecule has 1 heterocycles. The van der Waals surface area contributed by atoms with Crippen LogP contribution < -0.4 is 10.1 Å². The van der Waals surface area contributed by atoms with E-state index in [9.17, 15) is 14.0 Å². The lowest BCUT2D eigenvalue weighted by atomic mass is 9.87. The number of nitrogens with zero attached hydrogens (tertiary/aromatic N) is 1. The van der Waals surface area contributed by atoms with E-state index in [0.717, 1.165) is 48.8 Å². The summed E-state index contributed by atoms with van der Waals surface area (Å²) in [6.07, 6.45) is 4.49. The number of amides is 2. The molecule has 0 saturated heterocycles. The highest BCUT2D eigenvalue weighted by molar-refractivity contribution is 6.30. The topological polar surface area (TPSA) is 58.6 Å². The normalized spacial score (nSPS) is 18.1. The number of anilines is 1. The van der Waals surface area contributed by atoms with Gasteiger partial charge in [-0.15, -0.1) is 0 Å². The first-order valence-corrected chi connectivity index (χ1v) is 13.7. The molecule has 0 bridgehead atoms. The van der Waals surface area contributed by atoms with Gasteiger partial charge in [0.2, 0.25) is 5.91 Å². The first kappa shape index (κ1) is 26.2. The van der Waals surface area contributed by atoms with Crippen LogP contribution in [0.25, 0.3) is 0 Å². The average Bonchev–Trinajstić information content (AvgIpc) is 3.46. The maximum absolute atomic E-state index is 13.8. The van der Waals surface area contributed by atoms with Crippen molar-refractivity contribution in [2.75, 3.05) is 11.9 Å². The van der Waals surface area contributed by atoms with E-state index in [-0.39, 0.29) is 29.6 Å². The Morgan fingerprint density at radius 1 is 1.08 bits per heavy atom. The summed E-state index contributed by atoms with van der Waals surface area (Å²) < 4.78 is 20.0. The summed E-state index contributed by atoms with van der Waals surface area (Å²) in [5.41, 5.74) is 3.55. The minimum atomic E-state index is -0.712. The molecule has 5 rings (SSSR count). The zero-order chi connectivity index (χ0) is 26.6. The molecule has 1 saturated carbocycles. The number of ether oxygens (including phenoxy) is 1. The van der Waals surface area contributed by atoms with Crippen molar-refractivity contribution >= 4 is 29.1 Å². The van der Waals surface area contributed by atoms with E-state index in [2.05, 4.69) is 5.32 Å². The summed E-state index contributed by atoms with van der Waals surface area (Å²) in [6.45, 7) is 2.51. The molecule has 1 aliphatic carbocycles. The zero-order valence-corrected chi connectivity index (χ0v) is 22.2. The molecule has 38 heavy (non-hydrogen) atoms. The van der Waals surface area contributed by atoms with Gasteiger partial charge in [-0.25, -0.2) is 4.39 Å². The Balaban J connectivity index is 1.43. The molecule has 1 N–H and O–H groups in total. The van der Waals surface area contributed by atoms with Crippen molar-refractivity contribution in [2.45, 2.75) is 57.6 Å². The highest BCUT2D eigenvalue weighted by atomic mass is 35.5. The standard InChI is InChI=1S/C31H32ClFN2O3/c1-2-28(30(36)34-25-9-5-8-23(32)18-25)38-26-15-12-20-16-17-35(31(37)22-6-3-4-7-22)29(27(20)19-26)21-10-13-24(33)14-11-21/h5,8-15,18-19,22,28-29H,2-4,6-7,16-17H2,1H3,(H,34,36). The van der Waals surface area contributed by atoms with Gasteiger partial charge in [0.25, 0.3) is 5.91 Å². The van der Waals surface area contributed by atoms with E-state index in [4.69, 9.17) is 16.3 Å². The molecule has 0 aromatic heterocycles. The highest BCUT2D eigenvalue weighted by Gasteiger charge is 2.36. The fraction of sp³-hybridized carbons (Fsp3) is 0.355. The number of carbonyl (C=O) groups excluding carboxylic acids is 2. The number of halogens is 2. The third-order valence-corrected chi connectivity index (χ3v) is 7.79. The predicted molar refractivity (Wildman–Crippen MR) is 147 cm³/mol. The van der Waals surface area contributed by atoms with Crippen LogP contribution in [0.1, 0.15) is 61.8 Å². The Morgan fingerprint density at radius 2 is 1.84 bits per heavy atom. The van der Waals surface area contributed by atoms with Gasteiger partial charge < -0.3 is 15.0 Å². The van der Waals surface area contributed by atoms with Gasteiger partial charge in [-0.2, -0.15) is 0 Å². The van der Waals surface area contributed by atoms with E-state index in [1.54, 1.807) is 36.4 Å². The van der Waals surface area contributed by atoms with Crippen molar-refractivity contribution in [2.24, 2.45) is 5.92 Å². The Labute approximate surface area is 227 Å². The lowest BCUT2D eigenvalue weighted by Gasteiger charge is -2.39. The Morgan fingerprint density at radius 3 is 2.55 bits per heavy atom. The van der Waals surface area contributed by atoms with Crippen molar-refractivity contribution < 1.29 is 18.7 Å². The minimum absolute atomic E-state index is 0.0404. The van der Waals surface area contributed by atoms with Crippen molar-refractivity contribution in [3.63, 3.8) is 0 Å². The number of hydrogen-bond donors (Lipinski definition) is 1. The van der Waals surface area contributed by atoms with Gasteiger partial charge in [-0.1, -0.05) is 55.6 Å². The maximum Gasteiger partial charge on any atom is 0.265 e. The van der Waals surface area contributed by atoms with Crippen molar-refractivity contribution in [1.29, 1.82) is 0 Å². The SMILES string of the molecule is CCC(Oc1ccc2c(c1)C(c1ccc(F)cc1)N(C(=O)C1CCCC1)CC2)C(=O)Nc1cccc(Cl)c1. The molecule has 1 aliphatic heterocycles. The first-order valence-electron chi connectivity index (χ1n) is 13.3. The lowest BCUT2D eigenvalue weighted by Crippen LogP contribution is -2.43. The van der Waals surface area contributed by atoms with E-state index < -0.39 is 6.10 Å². The van der Waals surface area contributed by atoms with Gasteiger partial charge in [0.05, 0.1) is 6.04 Å². The molecule has 2 amide bonds. The van der Waals surface area contributed by atoms with Crippen LogP contribution in [-0.4, -0.2) is 29.4 Å². The van der Waals surface area contributed by atoms with E-state index in [1.807, 2.05) is 30.0 Å². The number of rotatable bonds is 7. The van der Waals surface area contributed by atoms with E-state index in [0.29, 0.717) is 29.4 Å². The molecule has 2 atom stereocenters. The summed E-state index contributed by atoms with van der Waals surface area (Å²) in [4.78, 5) is 28.6. The van der Waals surface area contributed by atoms with Crippen molar-refractivity contribution in [1.82, 2.24) is 4.90 Å². The Bertz CT molecular complexity index is 1310. The second-order valence-electron chi connectivity index (χ2n) is 10.1. The zero-order valence-electron chi connectivity index (χ0n) is 21.5. The Hall–Kier alpha value is -3.38. The monoisotopic (exact) mass is 534 g/mol. The fourth-order valence-electron chi connectivity index (χ4n) is 5.59. The van der Waals surface area contributed by atoms with Gasteiger partial charge in [-0.05, 0) is 84.8 Å². The molecule has 198 valence electrons. The molecule has 2 unspecified atom stereocenters. The maximum atomic E-state index is 13.8. The molecule has 7 heteroatoms. The fourth-order valence-corrected chi connectivity index (χ4v) is 5.78. The van der Waals surface area contributed by atoms with Crippen LogP contribution in [0.4, 0.5) is 10.1 Å². The molecule has 5 nitrogen and oxygen atoms in total. The molecule has 3 aromatic rings. The van der Waals surface area contributed by atoms with Gasteiger partial charge in [0, 0.05) is 23.2 Å². The van der Waals surface area contributed by atoms with Crippen LogP contribution in [0.2, 0.25) is 5.02 Å². The number of hydrogen-bond acceptors (Lipinski definition) is 3. The molecule has 3 aromatic carbocycles. The van der Waals surface area contributed by atoms with Crippen LogP contribution in [0.15, 0.2) is 66.7 Å². The first-order chi connectivity index (χ1) is 18.4. The summed E-state index contributed by atoms with van der Waals surface area (Å²) in [5, 5.41) is 3.41. The van der Waals surface area contributed by atoms with Gasteiger partial charge >= 0.3 is 0 Å². The summed E-state index contributed by atoms with van der Waals surface area (Å²) in [6, 6.07) is 18.9. The second-order valence-corrected chi connectivity index (χ2v) is 10.5. The number of carbonyl (C=O) groups is 2. The largest absolute Gasteiger partial charge is 0.481 e. The number of fused-ring (bicyclic) bond motifs is 1. The molecule has 0 spiro atoms. The van der Waals surface area contributed by atoms with Crippen LogP contribution in [0.3, 0.4) is 0 Å². The predicted octanol–water partition coefficient (Wildman–Crippen LogP) is 6.94. The summed E-state index contributed by atoms with van der Waals surface area (Å²) in [5.74, 6) is 0.187.